The number of aromatic nitrogens is 1. The van der Waals surface area contributed by atoms with Crippen molar-refractivity contribution in [3.8, 4) is 5.75 Å². The van der Waals surface area contributed by atoms with Gasteiger partial charge in [-0.15, -0.1) is 0 Å². The lowest BCUT2D eigenvalue weighted by Gasteiger charge is -2.17. The molecule has 0 N–H and O–H groups in total. The van der Waals surface area contributed by atoms with Crippen molar-refractivity contribution >= 4 is 5.97 Å². The van der Waals surface area contributed by atoms with Crippen LogP contribution in [0, 0.1) is 0 Å². The van der Waals surface area contributed by atoms with Crippen LogP contribution in [0.15, 0.2) is 53.5 Å². The number of pyridine rings is 1. The van der Waals surface area contributed by atoms with Gasteiger partial charge in [0.2, 0.25) is 0 Å². The standard InChI is InChI=1S/C18H19NO4/c1-2-22-17(21)18(9-10-18)19-11-8-15(12-16(19)20)23-13-14-6-4-3-5-7-14/h3-8,11-12H,2,9-10,13H2,1H3. The van der Waals surface area contributed by atoms with E-state index >= 15 is 0 Å². The number of nitrogens with zero attached hydrogens (tertiary/aromatic N) is 1. The van der Waals surface area contributed by atoms with E-state index < -0.39 is 5.54 Å². The van der Waals surface area contributed by atoms with E-state index in [-0.39, 0.29) is 11.5 Å². The van der Waals surface area contributed by atoms with E-state index in [2.05, 4.69) is 0 Å². The zero-order valence-electron chi connectivity index (χ0n) is 13.0. The second-order valence-electron chi connectivity index (χ2n) is 5.60. The van der Waals surface area contributed by atoms with Crippen LogP contribution < -0.4 is 10.3 Å². The second kappa shape index (κ2) is 6.28. The van der Waals surface area contributed by atoms with Gasteiger partial charge in [-0.2, -0.15) is 0 Å². The Balaban J connectivity index is 1.74. The largest absolute Gasteiger partial charge is 0.489 e. The zero-order valence-corrected chi connectivity index (χ0v) is 13.0. The Kier molecular flexibility index (Phi) is 4.19. The topological polar surface area (TPSA) is 57.5 Å². The van der Waals surface area contributed by atoms with Crippen molar-refractivity contribution in [3.63, 3.8) is 0 Å². The monoisotopic (exact) mass is 313 g/mol. The molecular weight excluding hydrogens is 294 g/mol. The highest BCUT2D eigenvalue weighted by atomic mass is 16.5. The van der Waals surface area contributed by atoms with Gasteiger partial charge in [-0.1, -0.05) is 30.3 Å². The van der Waals surface area contributed by atoms with Crippen LogP contribution in [0.4, 0.5) is 0 Å². The first-order valence-corrected chi connectivity index (χ1v) is 7.73. The number of benzene rings is 1. The summed E-state index contributed by atoms with van der Waals surface area (Å²) in [7, 11) is 0. The number of ether oxygens (including phenoxy) is 2. The fourth-order valence-corrected chi connectivity index (χ4v) is 2.57. The molecule has 0 atom stereocenters. The summed E-state index contributed by atoms with van der Waals surface area (Å²) in [4.78, 5) is 24.4. The van der Waals surface area contributed by atoms with Gasteiger partial charge in [0.15, 0.2) is 0 Å². The minimum atomic E-state index is -0.814. The maximum absolute atomic E-state index is 12.3. The molecule has 120 valence electrons. The van der Waals surface area contributed by atoms with Gasteiger partial charge in [-0.05, 0) is 31.4 Å². The van der Waals surface area contributed by atoms with Crippen LogP contribution in [0.2, 0.25) is 0 Å². The summed E-state index contributed by atoms with van der Waals surface area (Å²) in [5, 5.41) is 0. The quantitative estimate of drug-likeness (QED) is 0.769. The lowest BCUT2D eigenvalue weighted by molar-refractivity contribution is -0.148. The number of rotatable bonds is 6. The maximum Gasteiger partial charge on any atom is 0.332 e. The highest BCUT2D eigenvalue weighted by molar-refractivity contribution is 5.82. The van der Waals surface area contributed by atoms with Crippen LogP contribution in [-0.4, -0.2) is 17.1 Å². The number of hydrogen-bond donors (Lipinski definition) is 0. The molecule has 1 aromatic heterocycles. The molecule has 0 spiro atoms. The van der Waals surface area contributed by atoms with Crippen molar-refractivity contribution in [3.05, 3.63) is 64.6 Å². The fraction of sp³-hybridized carbons (Fsp3) is 0.333. The predicted octanol–water partition coefficient (Wildman–Crippen LogP) is 2.48. The summed E-state index contributed by atoms with van der Waals surface area (Å²) < 4.78 is 12.2. The van der Waals surface area contributed by atoms with E-state index in [1.807, 2.05) is 30.3 Å². The first-order valence-electron chi connectivity index (χ1n) is 7.73. The summed E-state index contributed by atoms with van der Waals surface area (Å²) in [6.07, 6.45) is 2.89. The molecule has 5 heteroatoms. The first kappa shape index (κ1) is 15.3. The van der Waals surface area contributed by atoms with Crippen molar-refractivity contribution in [2.45, 2.75) is 31.9 Å². The molecule has 0 amide bonds. The van der Waals surface area contributed by atoms with Gasteiger partial charge in [0.1, 0.15) is 17.9 Å². The predicted molar refractivity (Wildman–Crippen MR) is 85.3 cm³/mol. The highest BCUT2D eigenvalue weighted by Crippen LogP contribution is 2.43. The molecular formula is C18H19NO4. The van der Waals surface area contributed by atoms with Gasteiger partial charge < -0.3 is 9.47 Å². The summed E-state index contributed by atoms with van der Waals surface area (Å²) >= 11 is 0. The van der Waals surface area contributed by atoms with Gasteiger partial charge in [-0.25, -0.2) is 4.79 Å². The number of carbonyl (C=O) groups excluding carboxylic acids is 1. The van der Waals surface area contributed by atoms with Crippen molar-refractivity contribution in [2.75, 3.05) is 6.61 Å². The number of hydrogen-bond acceptors (Lipinski definition) is 4. The van der Waals surface area contributed by atoms with E-state index in [4.69, 9.17) is 9.47 Å². The highest BCUT2D eigenvalue weighted by Gasteiger charge is 2.53. The Morgan fingerprint density at radius 2 is 1.96 bits per heavy atom. The molecule has 1 heterocycles. The molecule has 0 unspecified atom stereocenters. The maximum atomic E-state index is 12.3. The van der Waals surface area contributed by atoms with Crippen LogP contribution >= 0.6 is 0 Å². The molecule has 5 nitrogen and oxygen atoms in total. The van der Waals surface area contributed by atoms with Crippen LogP contribution in [-0.2, 0) is 21.7 Å². The van der Waals surface area contributed by atoms with Crippen LogP contribution in [0.1, 0.15) is 25.3 Å². The van der Waals surface area contributed by atoms with Gasteiger partial charge in [0.05, 0.1) is 6.61 Å². The van der Waals surface area contributed by atoms with E-state index in [9.17, 15) is 9.59 Å². The molecule has 1 fully saturated rings. The summed E-state index contributed by atoms with van der Waals surface area (Å²) in [5.41, 5.74) is -0.0339. The third-order valence-electron chi connectivity index (χ3n) is 3.98. The lowest BCUT2D eigenvalue weighted by Crippen LogP contribution is -2.37. The minimum absolute atomic E-state index is 0.249. The average molecular weight is 313 g/mol. The van der Waals surface area contributed by atoms with Crippen LogP contribution in [0.25, 0.3) is 0 Å². The molecule has 0 radical (unpaired) electrons. The zero-order chi connectivity index (χ0) is 16.3. The normalized spacial score (nSPS) is 15.0. The Labute approximate surface area is 134 Å². The minimum Gasteiger partial charge on any atom is -0.489 e. The summed E-state index contributed by atoms with van der Waals surface area (Å²) in [6, 6.07) is 12.9. The third-order valence-corrected chi connectivity index (χ3v) is 3.98. The van der Waals surface area contributed by atoms with Crippen molar-refractivity contribution in [2.24, 2.45) is 0 Å². The van der Waals surface area contributed by atoms with E-state index in [0.29, 0.717) is 31.8 Å². The molecule has 1 saturated carbocycles. The molecule has 0 aliphatic heterocycles. The molecule has 0 bridgehead atoms. The van der Waals surface area contributed by atoms with Gasteiger partial charge in [0, 0.05) is 12.3 Å². The Hall–Kier alpha value is -2.56. The van der Waals surface area contributed by atoms with Crippen LogP contribution in [0.5, 0.6) is 5.75 Å². The molecule has 23 heavy (non-hydrogen) atoms. The van der Waals surface area contributed by atoms with Crippen molar-refractivity contribution in [1.29, 1.82) is 0 Å². The first-order chi connectivity index (χ1) is 11.2. The Bertz CT molecular complexity index is 747. The van der Waals surface area contributed by atoms with E-state index in [1.54, 1.807) is 19.2 Å². The van der Waals surface area contributed by atoms with Crippen molar-refractivity contribution < 1.29 is 14.3 Å². The lowest BCUT2D eigenvalue weighted by atomic mass is 10.2. The molecule has 1 aliphatic carbocycles. The van der Waals surface area contributed by atoms with Crippen molar-refractivity contribution in [1.82, 2.24) is 4.57 Å². The fourth-order valence-electron chi connectivity index (χ4n) is 2.57. The number of esters is 1. The van der Waals surface area contributed by atoms with E-state index in [0.717, 1.165) is 5.56 Å². The second-order valence-corrected chi connectivity index (χ2v) is 5.60. The summed E-state index contributed by atoms with van der Waals surface area (Å²) in [6.45, 7) is 2.47. The average Bonchev–Trinajstić information content (AvgIpc) is 3.36. The SMILES string of the molecule is CCOC(=O)C1(n2ccc(OCc3ccccc3)cc2=O)CC1. The van der Waals surface area contributed by atoms with Gasteiger partial charge in [-0.3, -0.25) is 9.36 Å². The third kappa shape index (κ3) is 3.13. The van der Waals surface area contributed by atoms with Gasteiger partial charge >= 0.3 is 5.97 Å². The van der Waals surface area contributed by atoms with E-state index in [1.165, 1.54) is 10.6 Å². The smallest absolute Gasteiger partial charge is 0.332 e. The molecule has 1 aliphatic rings. The Morgan fingerprint density at radius 3 is 2.57 bits per heavy atom. The Morgan fingerprint density at radius 1 is 1.22 bits per heavy atom. The molecule has 2 aromatic rings. The van der Waals surface area contributed by atoms with Gasteiger partial charge in [0.25, 0.3) is 5.56 Å². The van der Waals surface area contributed by atoms with Crippen LogP contribution in [0.3, 0.4) is 0 Å². The molecule has 3 rings (SSSR count). The molecule has 1 aromatic carbocycles. The number of carbonyl (C=O) groups is 1. The molecule has 0 saturated heterocycles. The summed E-state index contributed by atoms with van der Waals surface area (Å²) in [5.74, 6) is 0.162.